The molecule has 1 saturated heterocycles. The maximum absolute atomic E-state index is 10.7. The van der Waals surface area contributed by atoms with Crippen molar-refractivity contribution in [2.75, 3.05) is 18.0 Å². The number of rotatable bonds is 3. The van der Waals surface area contributed by atoms with Gasteiger partial charge in [0.15, 0.2) is 0 Å². The Labute approximate surface area is 120 Å². The maximum Gasteiger partial charge on any atom is 0.270 e. The van der Waals surface area contributed by atoms with Crippen LogP contribution >= 0.6 is 22.6 Å². The summed E-state index contributed by atoms with van der Waals surface area (Å²) in [7, 11) is 0. The normalized spacial score (nSPS) is 21.1. The molecule has 0 aromatic heterocycles. The van der Waals surface area contributed by atoms with Crippen molar-refractivity contribution in [2.45, 2.75) is 19.4 Å². The van der Waals surface area contributed by atoms with Crippen LogP contribution in [0.5, 0.6) is 0 Å². The second-order valence-corrected chi connectivity index (χ2v) is 5.91. The highest BCUT2D eigenvalue weighted by molar-refractivity contribution is 14.1. The highest BCUT2D eigenvalue weighted by Crippen LogP contribution is 2.31. The number of halogens is 1. The number of hydrogen-bond acceptors (Lipinski definition) is 4. The molecule has 18 heavy (non-hydrogen) atoms. The van der Waals surface area contributed by atoms with Gasteiger partial charge >= 0.3 is 0 Å². The molecule has 1 aliphatic rings. The van der Waals surface area contributed by atoms with Gasteiger partial charge in [-0.15, -0.1) is 0 Å². The minimum atomic E-state index is -0.360. The summed E-state index contributed by atoms with van der Waals surface area (Å²) in [5.74, 6) is 0.510. The fourth-order valence-electron chi connectivity index (χ4n) is 2.30. The minimum absolute atomic E-state index is 0.145. The Morgan fingerprint density at radius 3 is 2.83 bits per heavy atom. The van der Waals surface area contributed by atoms with E-state index in [0.29, 0.717) is 5.92 Å². The predicted molar refractivity (Wildman–Crippen MR) is 79.8 cm³/mol. The van der Waals surface area contributed by atoms with Gasteiger partial charge in [0.2, 0.25) is 0 Å². The van der Waals surface area contributed by atoms with Gasteiger partial charge < -0.3 is 10.6 Å². The highest BCUT2D eigenvalue weighted by atomic mass is 127. The summed E-state index contributed by atoms with van der Waals surface area (Å²) in [4.78, 5) is 12.6. The Bertz CT molecular complexity index is 465. The third-order valence-electron chi connectivity index (χ3n) is 3.45. The molecule has 98 valence electrons. The molecule has 6 heteroatoms. The molecule has 0 radical (unpaired) electrons. The van der Waals surface area contributed by atoms with Gasteiger partial charge in [0.25, 0.3) is 5.69 Å². The lowest BCUT2D eigenvalue weighted by molar-refractivity contribution is -0.384. The van der Waals surface area contributed by atoms with Crippen molar-refractivity contribution in [3.63, 3.8) is 0 Å². The van der Waals surface area contributed by atoms with Crippen LogP contribution in [0.2, 0.25) is 0 Å². The average molecular weight is 361 g/mol. The zero-order valence-electron chi connectivity index (χ0n) is 10.2. The van der Waals surface area contributed by atoms with Crippen molar-refractivity contribution in [3.8, 4) is 0 Å². The van der Waals surface area contributed by atoms with Crippen LogP contribution in [0.25, 0.3) is 0 Å². The molecule has 1 aromatic carbocycles. The summed E-state index contributed by atoms with van der Waals surface area (Å²) < 4.78 is 0.923. The van der Waals surface area contributed by atoms with E-state index in [9.17, 15) is 10.1 Å². The van der Waals surface area contributed by atoms with Crippen LogP contribution in [-0.2, 0) is 0 Å². The number of nitrogens with zero attached hydrogens (tertiary/aromatic N) is 2. The molecule has 2 rings (SSSR count). The molecule has 0 spiro atoms. The molecular weight excluding hydrogens is 345 g/mol. The van der Waals surface area contributed by atoms with Crippen LogP contribution < -0.4 is 10.6 Å². The number of anilines is 1. The number of nitro groups is 1. The van der Waals surface area contributed by atoms with Crippen LogP contribution in [0, 0.1) is 19.6 Å². The van der Waals surface area contributed by atoms with Gasteiger partial charge in [0.1, 0.15) is 0 Å². The second-order valence-electron chi connectivity index (χ2n) is 4.75. The van der Waals surface area contributed by atoms with E-state index < -0.39 is 0 Å². The first kappa shape index (κ1) is 13.5. The molecule has 2 unspecified atom stereocenters. The topological polar surface area (TPSA) is 72.4 Å². The number of nitrogens with two attached hydrogens (primary N) is 1. The van der Waals surface area contributed by atoms with Crippen LogP contribution in [0.1, 0.15) is 13.3 Å². The van der Waals surface area contributed by atoms with Crippen molar-refractivity contribution in [2.24, 2.45) is 11.7 Å². The monoisotopic (exact) mass is 361 g/mol. The molecule has 1 aromatic rings. The average Bonchev–Trinajstić information content (AvgIpc) is 2.78. The van der Waals surface area contributed by atoms with Crippen molar-refractivity contribution in [1.29, 1.82) is 0 Å². The fourth-order valence-corrected chi connectivity index (χ4v) is 3.14. The van der Waals surface area contributed by atoms with E-state index in [0.717, 1.165) is 28.8 Å². The van der Waals surface area contributed by atoms with Crippen molar-refractivity contribution in [1.82, 2.24) is 0 Å². The van der Waals surface area contributed by atoms with Crippen LogP contribution in [-0.4, -0.2) is 24.1 Å². The molecule has 0 saturated carbocycles. The second kappa shape index (κ2) is 5.40. The lowest BCUT2D eigenvalue weighted by Gasteiger charge is -2.21. The molecule has 0 amide bonds. The largest absolute Gasteiger partial charge is 0.370 e. The number of non-ortho nitro benzene ring substituents is 1. The third kappa shape index (κ3) is 2.74. The molecule has 0 bridgehead atoms. The number of benzene rings is 1. The minimum Gasteiger partial charge on any atom is -0.370 e. The van der Waals surface area contributed by atoms with Gasteiger partial charge in [-0.05, 0) is 47.9 Å². The zero-order chi connectivity index (χ0) is 13.3. The van der Waals surface area contributed by atoms with Gasteiger partial charge in [0, 0.05) is 34.8 Å². The summed E-state index contributed by atoms with van der Waals surface area (Å²) in [6.07, 6.45) is 1.09. The molecule has 2 N–H and O–H groups in total. The summed E-state index contributed by atoms with van der Waals surface area (Å²) in [6, 6.07) is 5.22. The van der Waals surface area contributed by atoms with E-state index in [-0.39, 0.29) is 16.7 Å². The van der Waals surface area contributed by atoms with Gasteiger partial charge in [-0.1, -0.05) is 0 Å². The van der Waals surface area contributed by atoms with Crippen LogP contribution in [0.3, 0.4) is 0 Å². The molecule has 2 atom stereocenters. The summed E-state index contributed by atoms with van der Waals surface area (Å²) in [5.41, 5.74) is 7.14. The van der Waals surface area contributed by atoms with E-state index in [4.69, 9.17) is 5.73 Å². The molecule has 1 fully saturated rings. The Morgan fingerprint density at radius 1 is 1.61 bits per heavy atom. The first-order chi connectivity index (χ1) is 8.49. The molecule has 1 heterocycles. The van der Waals surface area contributed by atoms with Crippen LogP contribution in [0.15, 0.2) is 18.2 Å². The Morgan fingerprint density at radius 2 is 2.33 bits per heavy atom. The number of hydrogen-bond donors (Lipinski definition) is 1. The van der Waals surface area contributed by atoms with E-state index in [2.05, 4.69) is 27.5 Å². The maximum atomic E-state index is 10.7. The highest BCUT2D eigenvalue weighted by Gasteiger charge is 2.26. The van der Waals surface area contributed by atoms with E-state index in [1.165, 1.54) is 0 Å². The molecule has 1 aliphatic heterocycles. The predicted octanol–water partition coefficient (Wildman–Crippen LogP) is 2.37. The van der Waals surface area contributed by atoms with Gasteiger partial charge in [-0.3, -0.25) is 10.1 Å². The SMILES string of the molecule is CC(N)C1CCN(c2ccc([N+](=O)[O-])cc2I)C1. The van der Waals surface area contributed by atoms with E-state index in [1.807, 2.05) is 13.0 Å². The Kier molecular flexibility index (Phi) is 4.06. The molecular formula is C12H16IN3O2. The Hall–Kier alpha value is -0.890. The van der Waals surface area contributed by atoms with E-state index in [1.54, 1.807) is 12.1 Å². The third-order valence-corrected chi connectivity index (χ3v) is 4.32. The van der Waals surface area contributed by atoms with Gasteiger partial charge in [-0.25, -0.2) is 0 Å². The van der Waals surface area contributed by atoms with Crippen molar-refractivity contribution >= 4 is 34.0 Å². The molecule has 5 nitrogen and oxygen atoms in total. The van der Waals surface area contributed by atoms with Gasteiger partial charge in [0.05, 0.1) is 10.6 Å². The summed E-state index contributed by atoms with van der Waals surface area (Å²) in [6.45, 7) is 3.94. The molecule has 0 aliphatic carbocycles. The quantitative estimate of drug-likeness (QED) is 0.510. The van der Waals surface area contributed by atoms with Crippen molar-refractivity contribution < 1.29 is 4.92 Å². The van der Waals surface area contributed by atoms with Crippen LogP contribution in [0.4, 0.5) is 11.4 Å². The summed E-state index contributed by atoms with van der Waals surface area (Å²) in [5, 5.41) is 10.7. The van der Waals surface area contributed by atoms with Crippen molar-refractivity contribution in [3.05, 3.63) is 31.9 Å². The van der Waals surface area contributed by atoms with E-state index >= 15 is 0 Å². The first-order valence-corrected chi connectivity index (χ1v) is 7.01. The summed E-state index contributed by atoms with van der Waals surface area (Å²) >= 11 is 2.16. The zero-order valence-corrected chi connectivity index (χ0v) is 12.3. The first-order valence-electron chi connectivity index (χ1n) is 5.93. The fraction of sp³-hybridized carbons (Fsp3) is 0.500. The van der Waals surface area contributed by atoms with Gasteiger partial charge in [-0.2, -0.15) is 0 Å². The Balaban J connectivity index is 2.18. The smallest absolute Gasteiger partial charge is 0.270 e. The lowest BCUT2D eigenvalue weighted by atomic mass is 10.0. The standard InChI is InChI=1S/C12H16IN3O2/c1-8(14)9-4-5-15(7-9)12-3-2-10(16(17)18)6-11(12)13/h2-3,6,8-9H,4-5,7,14H2,1H3. The number of nitro benzene ring substituents is 1. The lowest BCUT2D eigenvalue weighted by Crippen LogP contribution is -2.29.